The first-order valence-electron chi connectivity index (χ1n) is 2.66. The first-order chi connectivity index (χ1) is 4.06. The Balaban J connectivity index is 3.40. The summed E-state index contributed by atoms with van der Waals surface area (Å²) in [6, 6.07) is 0. The molecule has 0 aromatic rings. The van der Waals surface area contributed by atoms with Gasteiger partial charge < -0.3 is 4.99 Å². The molecule has 0 aromatic carbocycles. The zero-order valence-corrected chi connectivity index (χ0v) is 6.32. The number of sulfone groups is 1. The van der Waals surface area contributed by atoms with E-state index in [4.69, 9.17) is 0 Å². The molecule has 0 rings (SSSR count). The molecule has 0 aromatic heterocycles. The van der Waals surface area contributed by atoms with Gasteiger partial charge in [-0.1, -0.05) is 0 Å². The van der Waals surface area contributed by atoms with Crippen LogP contribution < -0.4 is 0 Å². The topological polar surface area (TPSA) is 46.5 Å². The zero-order chi connectivity index (χ0) is 7.33. The summed E-state index contributed by atoms with van der Waals surface area (Å²) in [6.07, 6.45) is 1.80. The minimum Gasteiger partial charge on any atom is -0.301 e. The van der Waals surface area contributed by atoms with Crippen LogP contribution in [0.3, 0.4) is 0 Å². The predicted octanol–water partition coefficient (Wildman–Crippen LogP) is 0.122. The minimum absolute atomic E-state index is 0.214. The number of rotatable bonds is 4. The van der Waals surface area contributed by atoms with Gasteiger partial charge >= 0.3 is 0 Å². The molecule has 0 fully saturated rings. The molecule has 0 amide bonds. The average molecular weight is 149 g/mol. The summed E-state index contributed by atoms with van der Waals surface area (Å²) < 4.78 is 20.9. The second-order valence-electron chi connectivity index (χ2n) is 1.93. The molecule has 0 N–H and O–H groups in total. The number of aliphatic imine (C=N–C) groups is 1. The van der Waals surface area contributed by atoms with Crippen LogP contribution in [0.1, 0.15) is 6.42 Å². The van der Waals surface area contributed by atoms with E-state index >= 15 is 0 Å². The lowest BCUT2D eigenvalue weighted by Gasteiger charge is -1.92. The van der Waals surface area contributed by atoms with Crippen molar-refractivity contribution in [3.05, 3.63) is 0 Å². The van der Waals surface area contributed by atoms with Gasteiger partial charge in [-0.2, -0.15) is 0 Å². The van der Waals surface area contributed by atoms with Crippen LogP contribution >= 0.6 is 0 Å². The van der Waals surface area contributed by atoms with Crippen molar-refractivity contribution in [2.75, 3.05) is 18.6 Å². The summed E-state index contributed by atoms with van der Waals surface area (Å²) >= 11 is 0. The van der Waals surface area contributed by atoms with Gasteiger partial charge in [-0.25, -0.2) is 8.42 Å². The molecule has 0 spiro atoms. The van der Waals surface area contributed by atoms with Crippen molar-refractivity contribution in [3.63, 3.8) is 0 Å². The number of nitrogens with zero attached hydrogens (tertiary/aromatic N) is 1. The molecule has 0 aliphatic rings. The molecule has 0 radical (unpaired) electrons. The lowest BCUT2D eigenvalue weighted by atomic mass is 10.5. The molecule has 0 saturated heterocycles. The summed E-state index contributed by atoms with van der Waals surface area (Å²) in [5.41, 5.74) is 0. The zero-order valence-electron chi connectivity index (χ0n) is 5.50. The molecular weight excluding hydrogens is 138 g/mol. The molecule has 0 aliphatic carbocycles. The van der Waals surface area contributed by atoms with Crippen LogP contribution in [0.5, 0.6) is 0 Å². The second kappa shape index (κ2) is 3.61. The summed E-state index contributed by atoms with van der Waals surface area (Å²) in [5, 5.41) is 0. The summed E-state index contributed by atoms with van der Waals surface area (Å²) in [6.45, 7) is 3.77. The maximum absolute atomic E-state index is 10.4. The van der Waals surface area contributed by atoms with E-state index in [-0.39, 0.29) is 5.75 Å². The van der Waals surface area contributed by atoms with Gasteiger partial charge in [0.1, 0.15) is 9.84 Å². The first-order valence-corrected chi connectivity index (χ1v) is 4.72. The Hall–Kier alpha value is -0.380. The van der Waals surface area contributed by atoms with Crippen LogP contribution in [0.15, 0.2) is 4.99 Å². The molecule has 9 heavy (non-hydrogen) atoms. The SMILES string of the molecule is C=NCCCS(C)(=O)=O. The molecule has 0 saturated carbocycles. The number of hydrogen-bond acceptors (Lipinski definition) is 3. The largest absolute Gasteiger partial charge is 0.301 e. The summed E-state index contributed by atoms with van der Waals surface area (Å²) in [7, 11) is -2.78. The quantitative estimate of drug-likeness (QED) is 0.421. The van der Waals surface area contributed by atoms with Crippen LogP contribution in [-0.4, -0.2) is 33.7 Å². The van der Waals surface area contributed by atoms with Crippen molar-refractivity contribution in [3.8, 4) is 0 Å². The molecule has 0 unspecified atom stereocenters. The van der Waals surface area contributed by atoms with Gasteiger partial charge in [0, 0.05) is 12.8 Å². The molecular formula is C5H11NO2S. The van der Waals surface area contributed by atoms with Crippen molar-refractivity contribution in [2.45, 2.75) is 6.42 Å². The van der Waals surface area contributed by atoms with Gasteiger partial charge in [0.15, 0.2) is 0 Å². The standard InChI is InChI=1S/C5H11NO2S/c1-6-4-3-5-9(2,7)8/h1,3-5H2,2H3. The Labute approximate surface area is 55.7 Å². The number of hydrogen-bond donors (Lipinski definition) is 0. The van der Waals surface area contributed by atoms with Gasteiger partial charge in [-0.15, -0.1) is 0 Å². The molecule has 0 aliphatic heterocycles. The van der Waals surface area contributed by atoms with E-state index in [1.54, 1.807) is 0 Å². The van der Waals surface area contributed by atoms with Gasteiger partial charge in [0.2, 0.25) is 0 Å². The second-order valence-corrected chi connectivity index (χ2v) is 4.19. The monoisotopic (exact) mass is 149 g/mol. The molecule has 4 heteroatoms. The van der Waals surface area contributed by atoms with Crippen molar-refractivity contribution >= 4 is 16.6 Å². The third-order valence-corrected chi connectivity index (χ3v) is 1.86. The minimum atomic E-state index is -2.78. The highest BCUT2D eigenvalue weighted by molar-refractivity contribution is 7.90. The van der Waals surface area contributed by atoms with Crippen LogP contribution in [0.2, 0.25) is 0 Å². The summed E-state index contributed by atoms with van der Waals surface area (Å²) in [5.74, 6) is 0.214. The molecule has 54 valence electrons. The first kappa shape index (κ1) is 8.62. The third kappa shape index (κ3) is 7.62. The predicted molar refractivity (Wildman–Crippen MR) is 38.7 cm³/mol. The van der Waals surface area contributed by atoms with Crippen LogP contribution in [0, 0.1) is 0 Å². The smallest absolute Gasteiger partial charge is 0.147 e. The third-order valence-electron chi connectivity index (χ3n) is 0.831. The fraction of sp³-hybridized carbons (Fsp3) is 0.800. The Kier molecular flexibility index (Phi) is 3.46. The molecule has 0 atom stereocenters. The van der Waals surface area contributed by atoms with E-state index in [0.29, 0.717) is 13.0 Å². The molecule has 0 heterocycles. The highest BCUT2D eigenvalue weighted by Gasteiger charge is 1.98. The van der Waals surface area contributed by atoms with E-state index in [2.05, 4.69) is 11.7 Å². The Morgan fingerprint density at radius 3 is 2.44 bits per heavy atom. The highest BCUT2D eigenvalue weighted by Crippen LogP contribution is 1.87. The van der Waals surface area contributed by atoms with Gasteiger partial charge in [-0.05, 0) is 13.1 Å². The van der Waals surface area contributed by atoms with Crippen molar-refractivity contribution in [1.82, 2.24) is 0 Å². The van der Waals surface area contributed by atoms with Crippen LogP contribution in [-0.2, 0) is 9.84 Å². The summed E-state index contributed by atoms with van der Waals surface area (Å²) in [4.78, 5) is 3.52. The van der Waals surface area contributed by atoms with Gasteiger partial charge in [0.05, 0.1) is 5.75 Å². The lowest BCUT2D eigenvalue weighted by molar-refractivity contribution is 0.599. The molecule has 3 nitrogen and oxygen atoms in total. The average Bonchev–Trinajstić information content (AvgIpc) is 1.63. The van der Waals surface area contributed by atoms with Gasteiger partial charge in [-0.3, -0.25) is 0 Å². The van der Waals surface area contributed by atoms with Crippen LogP contribution in [0.25, 0.3) is 0 Å². The van der Waals surface area contributed by atoms with E-state index < -0.39 is 9.84 Å². The fourth-order valence-electron chi connectivity index (χ4n) is 0.439. The normalized spacial score (nSPS) is 11.2. The lowest BCUT2D eigenvalue weighted by Crippen LogP contribution is -2.03. The van der Waals surface area contributed by atoms with E-state index in [9.17, 15) is 8.42 Å². The van der Waals surface area contributed by atoms with Gasteiger partial charge in [0.25, 0.3) is 0 Å². The Morgan fingerprint density at radius 2 is 2.11 bits per heavy atom. The Morgan fingerprint density at radius 1 is 1.56 bits per heavy atom. The molecule has 0 bridgehead atoms. The fourth-order valence-corrected chi connectivity index (χ4v) is 1.09. The van der Waals surface area contributed by atoms with E-state index in [1.165, 1.54) is 6.26 Å². The van der Waals surface area contributed by atoms with Crippen LogP contribution in [0.4, 0.5) is 0 Å². The Bertz CT molecular complexity index is 171. The van der Waals surface area contributed by atoms with Crippen molar-refractivity contribution in [2.24, 2.45) is 4.99 Å². The van der Waals surface area contributed by atoms with E-state index in [1.807, 2.05) is 0 Å². The maximum Gasteiger partial charge on any atom is 0.147 e. The van der Waals surface area contributed by atoms with E-state index in [0.717, 1.165) is 0 Å². The maximum atomic E-state index is 10.4. The van der Waals surface area contributed by atoms with Crippen molar-refractivity contribution < 1.29 is 8.42 Å². The highest BCUT2D eigenvalue weighted by atomic mass is 32.2. The van der Waals surface area contributed by atoms with Crippen molar-refractivity contribution in [1.29, 1.82) is 0 Å².